The van der Waals surface area contributed by atoms with Crippen molar-refractivity contribution in [3.05, 3.63) is 29.1 Å². The lowest BCUT2D eigenvalue weighted by molar-refractivity contribution is -0.125. The highest BCUT2D eigenvalue weighted by molar-refractivity contribution is 6.22. The van der Waals surface area contributed by atoms with E-state index in [2.05, 4.69) is 20.6 Å². The Labute approximate surface area is 171 Å². The van der Waals surface area contributed by atoms with Gasteiger partial charge in [0.2, 0.25) is 0 Å². The molecule has 0 saturated carbocycles. The minimum Gasteiger partial charge on any atom is -0.380 e. The minimum absolute atomic E-state index is 0.0176. The molecule has 2 aliphatic rings. The van der Waals surface area contributed by atoms with Crippen molar-refractivity contribution in [2.45, 2.75) is 59.2 Å². The molecule has 0 aromatic carbocycles. The van der Waals surface area contributed by atoms with Gasteiger partial charge in [-0.25, -0.2) is 4.99 Å². The molecule has 3 rings (SSSR count). The molecule has 2 unspecified atom stereocenters. The van der Waals surface area contributed by atoms with Crippen molar-refractivity contribution >= 4 is 23.5 Å². The SMILES string of the molecule is COCc1cnc(C2=NC(C)(C(C)C)C(=O)N2)c(C2=NC(C)(C(C)C)C(=O)N2)c1. The summed E-state index contributed by atoms with van der Waals surface area (Å²) in [6, 6.07) is 1.87. The summed E-state index contributed by atoms with van der Waals surface area (Å²) in [5, 5.41) is 5.75. The quantitative estimate of drug-likeness (QED) is 0.761. The summed E-state index contributed by atoms with van der Waals surface area (Å²) in [6.45, 7) is 11.8. The van der Waals surface area contributed by atoms with Gasteiger partial charge in [-0.2, -0.15) is 0 Å². The van der Waals surface area contributed by atoms with E-state index in [9.17, 15) is 9.59 Å². The van der Waals surface area contributed by atoms with Gasteiger partial charge in [-0.15, -0.1) is 0 Å². The van der Waals surface area contributed by atoms with Crippen molar-refractivity contribution in [2.75, 3.05) is 7.11 Å². The van der Waals surface area contributed by atoms with Crippen molar-refractivity contribution in [3.8, 4) is 0 Å². The van der Waals surface area contributed by atoms with E-state index in [-0.39, 0.29) is 23.7 Å². The van der Waals surface area contributed by atoms with Crippen LogP contribution < -0.4 is 10.6 Å². The number of rotatable bonds is 6. The first-order valence-electron chi connectivity index (χ1n) is 9.84. The lowest BCUT2D eigenvalue weighted by atomic mass is 9.89. The molecule has 0 aliphatic carbocycles. The van der Waals surface area contributed by atoms with Gasteiger partial charge in [-0.1, -0.05) is 27.7 Å². The van der Waals surface area contributed by atoms with Crippen LogP contribution in [0.5, 0.6) is 0 Å². The predicted molar refractivity (Wildman–Crippen MR) is 111 cm³/mol. The smallest absolute Gasteiger partial charge is 0.253 e. The van der Waals surface area contributed by atoms with E-state index in [0.717, 1.165) is 5.56 Å². The standard InChI is InChI=1S/C21H29N5O3/c1-11(2)20(5)18(27)23-16(25-20)14-8-13(10-29-7)9-22-15(14)17-24-19(28)21(6,26-17)12(3)4/h8-9,11-12H,10H2,1-7H3,(H,23,25,27)(H,24,26,28). The topological polar surface area (TPSA) is 105 Å². The van der Waals surface area contributed by atoms with Gasteiger partial charge >= 0.3 is 0 Å². The summed E-state index contributed by atoms with van der Waals surface area (Å²) in [5.41, 5.74) is 0.195. The Morgan fingerprint density at radius 2 is 1.48 bits per heavy atom. The number of hydrogen-bond donors (Lipinski definition) is 2. The third-order valence-corrected chi connectivity index (χ3v) is 6.05. The second-order valence-electron chi connectivity index (χ2n) is 8.61. The lowest BCUT2D eigenvalue weighted by Gasteiger charge is -2.21. The molecule has 0 spiro atoms. The number of carbonyl (C=O) groups excluding carboxylic acids is 2. The van der Waals surface area contributed by atoms with Crippen LogP contribution in [0.4, 0.5) is 0 Å². The zero-order valence-corrected chi connectivity index (χ0v) is 18.1. The fraction of sp³-hybridized carbons (Fsp3) is 0.571. The number of aliphatic imine (C=N–C) groups is 2. The molecule has 2 atom stereocenters. The number of pyridine rings is 1. The van der Waals surface area contributed by atoms with Gasteiger partial charge in [0.15, 0.2) is 5.84 Å². The molecule has 3 heterocycles. The van der Waals surface area contributed by atoms with Crippen molar-refractivity contribution in [2.24, 2.45) is 21.8 Å². The van der Waals surface area contributed by atoms with Gasteiger partial charge < -0.3 is 15.4 Å². The van der Waals surface area contributed by atoms with Crippen LogP contribution in [0.1, 0.15) is 58.4 Å². The third-order valence-electron chi connectivity index (χ3n) is 6.05. The summed E-state index contributed by atoms with van der Waals surface area (Å²) < 4.78 is 5.23. The monoisotopic (exact) mass is 399 g/mol. The fourth-order valence-electron chi connectivity index (χ4n) is 3.24. The first-order chi connectivity index (χ1) is 13.5. The summed E-state index contributed by atoms with van der Waals surface area (Å²) in [6.07, 6.45) is 1.68. The normalized spacial score (nSPS) is 26.7. The second-order valence-corrected chi connectivity index (χ2v) is 8.61. The molecule has 8 heteroatoms. The molecule has 2 aliphatic heterocycles. The third kappa shape index (κ3) is 3.46. The number of aromatic nitrogens is 1. The molecular formula is C21H29N5O3. The van der Waals surface area contributed by atoms with Crippen molar-refractivity contribution in [1.82, 2.24) is 15.6 Å². The van der Waals surface area contributed by atoms with Gasteiger partial charge in [0, 0.05) is 18.9 Å². The Hall–Kier alpha value is -2.61. The first kappa shape index (κ1) is 21.1. The molecule has 29 heavy (non-hydrogen) atoms. The van der Waals surface area contributed by atoms with Crippen LogP contribution >= 0.6 is 0 Å². The van der Waals surface area contributed by atoms with Gasteiger partial charge in [-0.3, -0.25) is 19.6 Å². The van der Waals surface area contributed by atoms with Crippen LogP contribution in [0.15, 0.2) is 22.2 Å². The van der Waals surface area contributed by atoms with E-state index in [1.54, 1.807) is 13.3 Å². The minimum atomic E-state index is -0.868. The van der Waals surface area contributed by atoms with Crippen LogP contribution in [-0.4, -0.2) is 46.7 Å². The zero-order valence-electron chi connectivity index (χ0n) is 18.1. The number of hydrogen-bond acceptors (Lipinski definition) is 6. The van der Waals surface area contributed by atoms with E-state index >= 15 is 0 Å². The Morgan fingerprint density at radius 1 is 0.966 bits per heavy atom. The van der Waals surface area contributed by atoms with E-state index in [1.807, 2.05) is 47.6 Å². The number of ether oxygens (including phenoxy) is 1. The maximum absolute atomic E-state index is 12.6. The Bertz CT molecular complexity index is 921. The summed E-state index contributed by atoms with van der Waals surface area (Å²) in [4.78, 5) is 39.1. The van der Waals surface area contributed by atoms with E-state index in [0.29, 0.717) is 29.5 Å². The molecule has 1 aromatic heterocycles. The highest BCUT2D eigenvalue weighted by Crippen LogP contribution is 2.30. The van der Waals surface area contributed by atoms with Crippen LogP contribution in [0, 0.1) is 11.8 Å². The Kier molecular flexibility index (Phi) is 5.34. The molecular weight excluding hydrogens is 370 g/mol. The average molecular weight is 399 g/mol. The van der Waals surface area contributed by atoms with Crippen molar-refractivity contribution < 1.29 is 14.3 Å². The molecule has 0 saturated heterocycles. The lowest BCUT2D eigenvalue weighted by Crippen LogP contribution is -2.42. The molecule has 0 bridgehead atoms. The highest BCUT2D eigenvalue weighted by atomic mass is 16.5. The predicted octanol–water partition coefficient (Wildman–Crippen LogP) is 1.81. The molecule has 0 radical (unpaired) electrons. The van der Waals surface area contributed by atoms with E-state index in [1.165, 1.54) is 0 Å². The number of carbonyl (C=O) groups is 2. The number of nitrogens with one attached hydrogen (secondary N) is 2. The molecule has 8 nitrogen and oxygen atoms in total. The number of nitrogens with zero attached hydrogens (tertiary/aromatic N) is 3. The highest BCUT2D eigenvalue weighted by Gasteiger charge is 2.45. The van der Waals surface area contributed by atoms with Gasteiger partial charge in [0.05, 0.1) is 6.61 Å². The van der Waals surface area contributed by atoms with Gasteiger partial charge in [-0.05, 0) is 37.3 Å². The maximum Gasteiger partial charge on any atom is 0.253 e. The van der Waals surface area contributed by atoms with Crippen LogP contribution in [0.25, 0.3) is 0 Å². The average Bonchev–Trinajstić information content (AvgIpc) is 3.13. The molecule has 2 amide bonds. The number of amidine groups is 2. The summed E-state index contributed by atoms with van der Waals surface area (Å²) in [5.74, 6) is 0.535. The fourth-order valence-corrected chi connectivity index (χ4v) is 3.24. The first-order valence-corrected chi connectivity index (χ1v) is 9.84. The summed E-state index contributed by atoms with van der Waals surface area (Å²) >= 11 is 0. The number of methoxy groups -OCH3 is 1. The zero-order chi connectivity index (χ0) is 21.6. The Balaban J connectivity index is 2.14. The molecule has 2 N–H and O–H groups in total. The second kappa shape index (κ2) is 7.33. The maximum atomic E-state index is 12.6. The molecule has 0 fully saturated rings. The Morgan fingerprint density at radius 3 is 1.97 bits per heavy atom. The van der Waals surface area contributed by atoms with Crippen LogP contribution in [0.2, 0.25) is 0 Å². The van der Waals surface area contributed by atoms with Crippen LogP contribution in [-0.2, 0) is 20.9 Å². The van der Waals surface area contributed by atoms with Crippen molar-refractivity contribution in [3.63, 3.8) is 0 Å². The number of amides is 2. The largest absolute Gasteiger partial charge is 0.380 e. The van der Waals surface area contributed by atoms with Gasteiger partial charge in [0.1, 0.15) is 22.6 Å². The van der Waals surface area contributed by atoms with Gasteiger partial charge in [0.25, 0.3) is 11.8 Å². The molecule has 1 aromatic rings. The van der Waals surface area contributed by atoms with Crippen molar-refractivity contribution in [1.29, 1.82) is 0 Å². The summed E-state index contributed by atoms with van der Waals surface area (Å²) in [7, 11) is 1.60. The molecule has 156 valence electrons. The van der Waals surface area contributed by atoms with E-state index < -0.39 is 11.1 Å². The van der Waals surface area contributed by atoms with Crippen LogP contribution in [0.3, 0.4) is 0 Å². The van der Waals surface area contributed by atoms with E-state index in [4.69, 9.17) is 9.73 Å².